The van der Waals surface area contributed by atoms with Crippen LogP contribution in [0.5, 0.6) is 5.75 Å². The van der Waals surface area contributed by atoms with Crippen LogP contribution in [-0.4, -0.2) is 110 Å². The Balaban J connectivity index is 0.843. The van der Waals surface area contributed by atoms with Crippen LogP contribution in [-0.2, 0) is 25.2 Å². The molecular formula is C40H39N11O8S. The summed E-state index contributed by atoms with van der Waals surface area (Å²) < 4.78 is 33.7. The molecular weight excluding hydrogens is 795 g/mol. The second-order valence-electron chi connectivity index (χ2n) is 14.7. The highest BCUT2D eigenvalue weighted by atomic mass is 32.2. The van der Waals surface area contributed by atoms with E-state index in [0.717, 1.165) is 10.3 Å². The number of sulfonamides is 1. The number of ether oxygens (including phenoxy) is 1. The van der Waals surface area contributed by atoms with Crippen molar-refractivity contribution in [1.82, 2.24) is 44.6 Å². The summed E-state index contributed by atoms with van der Waals surface area (Å²) >= 11 is 0. The first kappa shape index (κ1) is 39.8. The number of carbonyl (C=O) groups excluding carboxylic acids is 5. The molecule has 0 aliphatic carbocycles. The van der Waals surface area contributed by atoms with E-state index in [-0.39, 0.29) is 73.4 Å². The van der Waals surface area contributed by atoms with Crippen LogP contribution >= 0.6 is 0 Å². The Bertz CT molecular complexity index is 2700. The zero-order valence-corrected chi connectivity index (χ0v) is 33.1. The van der Waals surface area contributed by atoms with Crippen molar-refractivity contribution in [2.45, 2.75) is 50.6 Å². The van der Waals surface area contributed by atoms with Gasteiger partial charge >= 0.3 is 0 Å². The van der Waals surface area contributed by atoms with Crippen molar-refractivity contribution in [3.8, 4) is 23.1 Å². The minimum Gasteiger partial charge on any atom is -0.493 e. The van der Waals surface area contributed by atoms with Gasteiger partial charge in [-0.2, -0.15) is 19.6 Å². The van der Waals surface area contributed by atoms with E-state index in [9.17, 15) is 37.7 Å². The number of fused-ring (bicyclic) bond motifs is 2. The highest BCUT2D eigenvalue weighted by Crippen LogP contribution is 2.37. The van der Waals surface area contributed by atoms with E-state index in [1.807, 2.05) is 6.07 Å². The van der Waals surface area contributed by atoms with Gasteiger partial charge in [0.1, 0.15) is 23.0 Å². The summed E-state index contributed by atoms with van der Waals surface area (Å²) in [4.78, 5) is 76.7. The minimum absolute atomic E-state index is 0.0233. The van der Waals surface area contributed by atoms with Gasteiger partial charge in [-0.15, -0.1) is 0 Å². The van der Waals surface area contributed by atoms with Gasteiger partial charge in [-0.05, 0) is 68.7 Å². The number of carbonyl (C=O) groups is 5. The van der Waals surface area contributed by atoms with Crippen LogP contribution in [0.1, 0.15) is 70.1 Å². The Morgan fingerprint density at radius 3 is 2.60 bits per heavy atom. The second kappa shape index (κ2) is 16.0. The molecule has 60 heavy (non-hydrogen) atoms. The van der Waals surface area contributed by atoms with E-state index in [4.69, 9.17) is 9.72 Å². The largest absolute Gasteiger partial charge is 0.493 e. The number of hydrogen-bond acceptors (Lipinski definition) is 13. The quantitative estimate of drug-likeness (QED) is 0.0876. The first-order valence-electron chi connectivity index (χ1n) is 19.3. The zero-order chi connectivity index (χ0) is 42.2. The fourth-order valence-corrected chi connectivity index (χ4v) is 8.79. The number of anilines is 2. The van der Waals surface area contributed by atoms with Gasteiger partial charge in [0, 0.05) is 60.6 Å². The second-order valence-corrected chi connectivity index (χ2v) is 16.9. The predicted molar refractivity (Wildman–Crippen MR) is 214 cm³/mol. The van der Waals surface area contributed by atoms with Gasteiger partial charge in [0.15, 0.2) is 0 Å². The smallest absolute Gasteiger partial charge is 0.266 e. The highest BCUT2D eigenvalue weighted by molar-refractivity contribution is 7.89. The molecule has 308 valence electrons. The number of rotatable bonds is 15. The molecule has 19 nitrogen and oxygen atoms in total. The number of aromatic amines is 1. The number of benzene rings is 2. The number of nitrogens with zero attached hydrogens (tertiary/aromatic N) is 7. The number of piperidine rings is 1. The lowest BCUT2D eigenvalue weighted by molar-refractivity contribution is -0.136. The average molecular weight is 834 g/mol. The van der Waals surface area contributed by atoms with E-state index in [2.05, 4.69) is 37.1 Å². The molecule has 3 aliphatic rings. The van der Waals surface area contributed by atoms with Crippen molar-refractivity contribution in [3.05, 3.63) is 83.8 Å². The van der Waals surface area contributed by atoms with Crippen LogP contribution in [0.15, 0.2) is 67.1 Å². The van der Waals surface area contributed by atoms with Gasteiger partial charge in [-0.25, -0.2) is 13.4 Å². The molecule has 0 bridgehead atoms. The van der Waals surface area contributed by atoms with Crippen molar-refractivity contribution in [2.24, 2.45) is 0 Å². The fourth-order valence-electron chi connectivity index (χ4n) is 7.55. The van der Waals surface area contributed by atoms with Crippen LogP contribution in [0.25, 0.3) is 22.3 Å². The van der Waals surface area contributed by atoms with E-state index < -0.39 is 45.2 Å². The highest BCUT2D eigenvalue weighted by Gasteiger charge is 2.50. The Hall–Kier alpha value is -6.98. The van der Waals surface area contributed by atoms with Crippen LogP contribution < -0.4 is 20.7 Å². The predicted octanol–water partition coefficient (Wildman–Crippen LogP) is 2.83. The van der Waals surface area contributed by atoms with Gasteiger partial charge in [-0.1, -0.05) is 6.07 Å². The summed E-state index contributed by atoms with van der Waals surface area (Å²) in [6.45, 7) is 2.45. The molecule has 6 heterocycles. The van der Waals surface area contributed by atoms with Crippen molar-refractivity contribution in [3.63, 3.8) is 0 Å². The maximum atomic E-state index is 13.3. The third-order valence-corrected chi connectivity index (χ3v) is 12.6. The molecule has 5 amide bonds. The first-order chi connectivity index (χ1) is 28.9. The number of aromatic nitrogens is 5. The molecule has 5 aromatic rings. The Labute approximate surface area is 343 Å². The lowest BCUT2D eigenvalue weighted by Gasteiger charge is -2.47. The topological polar surface area (TPSA) is 254 Å². The molecule has 0 spiro atoms. The molecule has 2 aromatic carbocycles. The molecule has 0 radical (unpaired) electrons. The van der Waals surface area contributed by atoms with Crippen molar-refractivity contribution in [1.29, 1.82) is 5.26 Å². The van der Waals surface area contributed by atoms with Gasteiger partial charge in [-0.3, -0.25) is 38.9 Å². The van der Waals surface area contributed by atoms with Crippen LogP contribution in [0.2, 0.25) is 0 Å². The van der Waals surface area contributed by atoms with E-state index in [0.29, 0.717) is 47.5 Å². The number of hydrogen-bond donors (Lipinski definition) is 4. The molecule has 4 N–H and O–H groups in total. The van der Waals surface area contributed by atoms with E-state index in [1.54, 1.807) is 66.6 Å². The van der Waals surface area contributed by atoms with Crippen LogP contribution in [0, 0.1) is 11.3 Å². The fraction of sp³-hybridized carbons (Fsp3) is 0.325. The number of nitrogens with one attached hydrogen (secondary N) is 4. The van der Waals surface area contributed by atoms with Crippen molar-refractivity contribution >= 4 is 62.2 Å². The summed E-state index contributed by atoms with van der Waals surface area (Å²) in [5.41, 5.74) is 2.30. The summed E-state index contributed by atoms with van der Waals surface area (Å²) in [6.07, 6.45) is 6.41. The van der Waals surface area contributed by atoms with Crippen molar-refractivity contribution in [2.75, 3.05) is 37.3 Å². The molecule has 1 atom stereocenters. The molecule has 8 rings (SSSR count). The summed E-state index contributed by atoms with van der Waals surface area (Å²) in [6, 6.07) is 14.4. The number of H-pyrrole nitrogens is 1. The SMILES string of the molecule is CCS(=O)(=O)N1CC(CC#N)(n2cc(-c3nc(Nc4ccc(C(=O)NCCCCOc5cccc6c5C(=O)N(C5CCC(=O)NC5=O)C6=O)cc4)nc4[nH]ccc34)cn2)C1. The molecule has 20 heteroatoms. The van der Waals surface area contributed by atoms with Gasteiger partial charge in [0.25, 0.3) is 17.7 Å². The zero-order valence-electron chi connectivity index (χ0n) is 32.3. The summed E-state index contributed by atoms with van der Waals surface area (Å²) in [5, 5.41) is 23.1. The molecule has 2 saturated heterocycles. The molecule has 3 aliphatic heterocycles. The third-order valence-electron chi connectivity index (χ3n) is 10.8. The maximum absolute atomic E-state index is 13.3. The molecule has 3 aromatic heterocycles. The Kier molecular flexibility index (Phi) is 10.6. The van der Waals surface area contributed by atoms with Crippen LogP contribution in [0.3, 0.4) is 0 Å². The first-order valence-corrected chi connectivity index (χ1v) is 20.9. The number of unbranched alkanes of at least 4 members (excludes halogenated alkanes) is 1. The average Bonchev–Trinajstić information content (AvgIpc) is 3.97. The minimum atomic E-state index is -3.40. The number of amides is 5. The van der Waals surface area contributed by atoms with E-state index >= 15 is 0 Å². The van der Waals surface area contributed by atoms with Gasteiger partial charge in [0.2, 0.25) is 27.8 Å². The number of imide groups is 2. The van der Waals surface area contributed by atoms with Crippen molar-refractivity contribution < 1.29 is 37.1 Å². The van der Waals surface area contributed by atoms with E-state index in [1.165, 1.54) is 10.4 Å². The molecule has 1 unspecified atom stereocenters. The molecule has 2 fully saturated rings. The summed E-state index contributed by atoms with van der Waals surface area (Å²) in [5.74, 6) is -2.18. The third kappa shape index (κ3) is 7.44. The number of nitriles is 1. The van der Waals surface area contributed by atoms with Gasteiger partial charge in [0.05, 0.1) is 47.9 Å². The van der Waals surface area contributed by atoms with Crippen LogP contribution in [0.4, 0.5) is 11.6 Å². The monoisotopic (exact) mass is 833 g/mol. The lowest BCUT2D eigenvalue weighted by atomic mass is 9.89. The Morgan fingerprint density at radius 2 is 1.85 bits per heavy atom. The Morgan fingerprint density at radius 1 is 1.05 bits per heavy atom. The molecule has 0 saturated carbocycles. The maximum Gasteiger partial charge on any atom is 0.266 e. The van der Waals surface area contributed by atoms with Gasteiger partial charge < -0.3 is 20.4 Å². The lowest BCUT2D eigenvalue weighted by Crippen LogP contribution is -2.64. The normalized spacial score (nSPS) is 17.5. The standard InChI is InChI=1S/C40H39N11O8S/c1-2-60(57,58)49-22-40(23-49,15-16-41)50-21-25(20-44-50)33-28-14-18-42-34(28)48-39(47-33)45-26-10-8-24(9-11-26)35(53)43-17-3-4-19-59-30-7-5-6-27-32(30)38(56)51(37(27)55)29-12-13-31(52)46-36(29)54/h5-11,14,18,20-21,29H,2-4,12-13,15,17,19,22-23H2,1H3,(H,43,53)(H,46,52,54)(H2,42,45,47,48). The summed E-state index contributed by atoms with van der Waals surface area (Å²) in [7, 11) is -3.40.